The smallest absolute Gasteiger partial charge is 0.0497 e. The lowest BCUT2D eigenvalue weighted by Gasteiger charge is -2.12. The Morgan fingerprint density at radius 1 is 1.27 bits per heavy atom. The Hall–Kier alpha value is -0.860. The van der Waals surface area contributed by atoms with Gasteiger partial charge in [0.25, 0.3) is 0 Å². The van der Waals surface area contributed by atoms with E-state index in [1.54, 1.807) is 0 Å². The first-order valence-electron chi connectivity index (χ1n) is 5.01. The van der Waals surface area contributed by atoms with Gasteiger partial charge in [-0.15, -0.1) is 0 Å². The lowest BCUT2D eigenvalue weighted by atomic mass is 9.95. The fraction of sp³-hybridized carbons (Fsp3) is 0.231. The first-order chi connectivity index (χ1) is 7.22. The molecular weight excluding hydrogens is 252 g/mol. The third-order valence-electron chi connectivity index (χ3n) is 2.68. The molecule has 0 aliphatic carbocycles. The maximum atomic E-state index is 9.21. The molecule has 2 heteroatoms. The number of benzene rings is 2. The molecule has 0 amide bonds. The van der Waals surface area contributed by atoms with E-state index in [1.807, 2.05) is 19.1 Å². The van der Waals surface area contributed by atoms with Crippen molar-refractivity contribution >= 4 is 26.7 Å². The van der Waals surface area contributed by atoms with Crippen molar-refractivity contribution in [2.24, 2.45) is 0 Å². The predicted octanol–water partition coefficient (Wildman–Crippen LogP) is 3.70. The Bertz CT molecular complexity index is 479. The number of hydrogen-bond acceptors (Lipinski definition) is 1. The average Bonchev–Trinajstić information content (AvgIpc) is 2.27. The second kappa shape index (κ2) is 4.33. The van der Waals surface area contributed by atoms with Gasteiger partial charge >= 0.3 is 0 Å². The first-order valence-corrected chi connectivity index (χ1v) is 5.80. The largest absolute Gasteiger partial charge is 0.396 e. The minimum absolute atomic E-state index is 0.183. The molecule has 0 saturated heterocycles. The Morgan fingerprint density at radius 2 is 2.07 bits per heavy atom. The van der Waals surface area contributed by atoms with Crippen LogP contribution in [0.4, 0.5) is 0 Å². The van der Waals surface area contributed by atoms with Gasteiger partial charge < -0.3 is 5.11 Å². The molecule has 1 atom stereocenters. The van der Waals surface area contributed by atoms with Gasteiger partial charge in [-0.1, -0.05) is 47.1 Å². The molecule has 1 N–H and O–H groups in total. The van der Waals surface area contributed by atoms with E-state index in [0.717, 1.165) is 4.47 Å². The number of halogens is 1. The predicted molar refractivity (Wildman–Crippen MR) is 67.1 cm³/mol. The molecule has 1 unspecified atom stereocenters. The Labute approximate surface area is 97.9 Å². The molecule has 1 nitrogen and oxygen atoms in total. The van der Waals surface area contributed by atoms with E-state index in [1.165, 1.54) is 16.3 Å². The zero-order valence-corrected chi connectivity index (χ0v) is 10.2. The quantitative estimate of drug-likeness (QED) is 0.877. The van der Waals surface area contributed by atoms with E-state index >= 15 is 0 Å². The van der Waals surface area contributed by atoms with Gasteiger partial charge in [-0.25, -0.2) is 0 Å². The van der Waals surface area contributed by atoms with Crippen molar-refractivity contribution in [3.8, 4) is 0 Å². The van der Waals surface area contributed by atoms with Crippen LogP contribution in [0, 0.1) is 0 Å². The van der Waals surface area contributed by atoms with Crippen LogP contribution in [0.15, 0.2) is 40.9 Å². The van der Waals surface area contributed by atoms with E-state index in [9.17, 15) is 5.11 Å². The minimum Gasteiger partial charge on any atom is -0.396 e. The summed E-state index contributed by atoms with van der Waals surface area (Å²) in [5.74, 6) is 0.183. The molecule has 0 fully saturated rings. The summed E-state index contributed by atoms with van der Waals surface area (Å²) in [6.45, 7) is 2.22. The van der Waals surface area contributed by atoms with Crippen molar-refractivity contribution in [3.05, 3.63) is 46.4 Å². The molecule has 0 aromatic heterocycles. The first kappa shape index (κ1) is 10.7. The fourth-order valence-electron chi connectivity index (χ4n) is 1.80. The van der Waals surface area contributed by atoms with Gasteiger partial charge in [0.15, 0.2) is 0 Å². The average molecular weight is 265 g/mol. The van der Waals surface area contributed by atoms with Gasteiger partial charge in [0, 0.05) is 17.0 Å². The highest BCUT2D eigenvalue weighted by molar-refractivity contribution is 9.10. The van der Waals surface area contributed by atoms with Crippen LogP contribution in [0.25, 0.3) is 10.8 Å². The van der Waals surface area contributed by atoms with Gasteiger partial charge in [-0.3, -0.25) is 0 Å². The van der Waals surface area contributed by atoms with E-state index in [0.29, 0.717) is 0 Å². The molecule has 2 aromatic rings. The topological polar surface area (TPSA) is 20.2 Å². The monoisotopic (exact) mass is 264 g/mol. The summed E-state index contributed by atoms with van der Waals surface area (Å²) in [6.07, 6.45) is 0. The molecule has 78 valence electrons. The van der Waals surface area contributed by atoms with Gasteiger partial charge in [-0.2, -0.15) is 0 Å². The lowest BCUT2D eigenvalue weighted by molar-refractivity contribution is 0.273. The van der Waals surface area contributed by atoms with Gasteiger partial charge in [0.2, 0.25) is 0 Å². The molecule has 15 heavy (non-hydrogen) atoms. The number of rotatable bonds is 2. The molecule has 0 bridgehead atoms. The molecule has 0 aliphatic rings. The normalized spacial score (nSPS) is 13.0. The highest BCUT2D eigenvalue weighted by Gasteiger charge is 2.07. The van der Waals surface area contributed by atoms with Gasteiger partial charge in [0.1, 0.15) is 0 Å². The minimum atomic E-state index is 0.183. The Kier molecular flexibility index (Phi) is 3.08. The van der Waals surface area contributed by atoms with Crippen molar-refractivity contribution in [1.82, 2.24) is 0 Å². The van der Waals surface area contributed by atoms with Gasteiger partial charge in [0.05, 0.1) is 0 Å². The number of hydrogen-bond donors (Lipinski definition) is 1. The highest BCUT2D eigenvalue weighted by atomic mass is 79.9. The van der Waals surface area contributed by atoms with Crippen LogP contribution in [-0.4, -0.2) is 11.7 Å². The molecule has 2 aromatic carbocycles. The maximum absolute atomic E-state index is 9.21. The Morgan fingerprint density at radius 3 is 2.80 bits per heavy atom. The van der Waals surface area contributed by atoms with Crippen LogP contribution in [-0.2, 0) is 0 Å². The molecular formula is C13H13BrO. The van der Waals surface area contributed by atoms with Crippen LogP contribution in [0.5, 0.6) is 0 Å². The zero-order valence-electron chi connectivity index (χ0n) is 8.57. The third kappa shape index (κ3) is 2.06. The summed E-state index contributed by atoms with van der Waals surface area (Å²) >= 11 is 3.48. The van der Waals surface area contributed by atoms with Crippen molar-refractivity contribution in [2.75, 3.05) is 6.61 Å². The summed E-state index contributed by atoms with van der Waals surface area (Å²) in [5, 5.41) is 11.6. The maximum Gasteiger partial charge on any atom is 0.0497 e. The summed E-state index contributed by atoms with van der Waals surface area (Å²) in [6, 6.07) is 12.4. The lowest BCUT2D eigenvalue weighted by Crippen LogP contribution is -1.99. The van der Waals surface area contributed by atoms with Crippen molar-refractivity contribution in [2.45, 2.75) is 12.8 Å². The number of fused-ring (bicyclic) bond motifs is 1. The van der Waals surface area contributed by atoms with Crippen molar-refractivity contribution < 1.29 is 5.11 Å². The van der Waals surface area contributed by atoms with E-state index in [-0.39, 0.29) is 12.5 Å². The molecule has 0 aliphatic heterocycles. The van der Waals surface area contributed by atoms with E-state index in [4.69, 9.17) is 0 Å². The molecule has 0 heterocycles. The Balaban J connectivity index is 2.68. The van der Waals surface area contributed by atoms with Gasteiger partial charge in [-0.05, 0) is 28.5 Å². The summed E-state index contributed by atoms with van der Waals surface area (Å²) in [5.41, 5.74) is 1.20. The zero-order chi connectivity index (χ0) is 10.8. The van der Waals surface area contributed by atoms with Crippen LogP contribution >= 0.6 is 15.9 Å². The number of aliphatic hydroxyl groups is 1. The highest BCUT2D eigenvalue weighted by Crippen LogP contribution is 2.27. The van der Waals surface area contributed by atoms with Crippen LogP contribution < -0.4 is 0 Å². The molecule has 2 rings (SSSR count). The summed E-state index contributed by atoms with van der Waals surface area (Å²) in [4.78, 5) is 0. The second-order valence-electron chi connectivity index (χ2n) is 3.80. The van der Waals surface area contributed by atoms with Crippen LogP contribution in [0.3, 0.4) is 0 Å². The van der Waals surface area contributed by atoms with Crippen molar-refractivity contribution in [3.63, 3.8) is 0 Å². The van der Waals surface area contributed by atoms with Crippen LogP contribution in [0.1, 0.15) is 18.4 Å². The third-order valence-corrected chi connectivity index (χ3v) is 3.18. The van der Waals surface area contributed by atoms with E-state index < -0.39 is 0 Å². The SMILES string of the molecule is CC(CO)c1cccc2ccc(Br)cc12. The standard InChI is InChI=1S/C13H13BrO/c1-9(8-15)12-4-2-3-10-5-6-11(14)7-13(10)12/h2-7,9,15H,8H2,1H3. The van der Waals surface area contributed by atoms with E-state index in [2.05, 4.69) is 40.2 Å². The fourth-order valence-corrected chi connectivity index (χ4v) is 2.16. The summed E-state index contributed by atoms with van der Waals surface area (Å²) in [7, 11) is 0. The van der Waals surface area contributed by atoms with Crippen molar-refractivity contribution in [1.29, 1.82) is 0 Å². The second-order valence-corrected chi connectivity index (χ2v) is 4.71. The molecule has 0 radical (unpaired) electrons. The molecule has 0 saturated carbocycles. The number of aliphatic hydroxyl groups excluding tert-OH is 1. The summed E-state index contributed by atoms with van der Waals surface area (Å²) < 4.78 is 1.08. The van der Waals surface area contributed by atoms with Crippen LogP contribution in [0.2, 0.25) is 0 Å². The molecule has 0 spiro atoms.